The molecule has 1 unspecified atom stereocenters. The van der Waals surface area contributed by atoms with Crippen LogP contribution in [0.3, 0.4) is 0 Å². The molecule has 0 aliphatic heterocycles. The summed E-state index contributed by atoms with van der Waals surface area (Å²) in [6, 6.07) is 17.3. The molecule has 0 fully saturated rings. The second-order valence-electron chi connectivity index (χ2n) is 5.76. The van der Waals surface area contributed by atoms with Crippen molar-refractivity contribution in [3.8, 4) is 11.5 Å². The van der Waals surface area contributed by atoms with Crippen LogP contribution in [0.4, 0.5) is 0 Å². The highest BCUT2D eigenvalue weighted by Gasteiger charge is 2.10. The fourth-order valence-corrected chi connectivity index (χ4v) is 2.25. The summed E-state index contributed by atoms with van der Waals surface area (Å²) in [5, 5.41) is 2.88. The highest BCUT2D eigenvalue weighted by molar-refractivity contribution is 5.77. The minimum absolute atomic E-state index is 0.0422. The summed E-state index contributed by atoms with van der Waals surface area (Å²) >= 11 is 0. The van der Waals surface area contributed by atoms with Crippen molar-refractivity contribution < 1.29 is 19.0 Å². The zero-order valence-electron chi connectivity index (χ0n) is 14.7. The Morgan fingerprint density at radius 1 is 1.00 bits per heavy atom. The van der Waals surface area contributed by atoms with Crippen molar-refractivity contribution in [2.75, 3.05) is 20.3 Å². The van der Waals surface area contributed by atoms with Gasteiger partial charge in [0, 0.05) is 19.8 Å². The van der Waals surface area contributed by atoms with Gasteiger partial charge in [0.25, 0.3) is 5.91 Å². The molecule has 2 aromatic rings. The minimum atomic E-state index is -0.165. The van der Waals surface area contributed by atoms with E-state index in [0.717, 1.165) is 12.0 Å². The Kier molecular flexibility index (Phi) is 7.79. The van der Waals surface area contributed by atoms with Crippen LogP contribution in [0.5, 0.6) is 11.5 Å². The van der Waals surface area contributed by atoms with E-state index in [4.69, 9.17) is 14.2 Å². The van der Waals surface area contributed by atoms with Crippen LogP contribution >= 0.6 is 0 Å². The largest absolute Gasteiger partial charge is 0.485 e. The zero-order chi connectivity index (χ0) is 17.9. The summed E-state index contributed by atoms with van der Waals surface area (Å²) in [6.45, 7) is 2.94. The predicted molar refractivity (Wildman–Crippen MR) is 96.8 cm³/mol. The first-order valence-corrected chi connectivity index (χ1v) is 8.36. The lowest BCUT2D eigenvalue weighted by atomic mass is 10.2. The maximum absolute atomic E-state index is 12.0. The van der Waals surface area contributed by atoms with E-state index < -0.39 is 0 Å². The van der Waals surface area contributed by atoms with Crippen molar-refractivity contribution in [3.63, 3.8) is 0 Å². The normalized spacial score (nSPS) is 11.6. The van der Waals surface area contributed by atoms with Crippen molar-refractivity contribution in [1.29, 1.82) is 0 Å². The van der Waals surface area contributed by atoms with Crippen molar-refractivity contribution >= 4 is 5.91 Å². The maximum atomic E-state index is 12.0. The molecule has 5 nitrogen and oxygen atoms in total. The number of hydrogen-bond donors (Lipinski definition) is 1. The lowest BCUT2D eigenvalue weighted by molar-refractivity contribution is -0.123. The van der Waals surface area contributed by atoms with Crippen LogP contribution in [-0.4, -0.2) is 32.3 Å². The van der Waals surface area contributed by atoms with Gasteiger partial charge in [0.05, 0.1) is 0 Å². The Morgan fingerprint density at radius 3 is 2.32 bits per heavy atom. The molecule has 0 bridgehead atoms. The number of methoxy groups -OCH3 is 1. The molecule has 2 aromatic carbocycles. The summed E-state index contributed by atoms with van der Waals surface area (Å²) in [5.74, 6) is 1.01. The number of hydrogen-bond acceptors (Lipinski definition) is 4. The van der Waals surface area contributed by atoms with Gasteiger partial charge in [-0.05, 0) is 31.0 Å². The Labute approximate surface area is 148 Å². The minimum Gasteiger partial charge on any atom is -0.485 e. The van der Waals surface area contributed by atoms with E-state index >= 15 is 0 Å². The Hall–Kier alpha value is -2.53. The molecule has 1 amide bonds. The molecule has 1 N–H and O–H groups in total. The molecule has 0 heterocycles. The first-order chi connectivity index (χ1) is 12.2. The lowest BCUT2D eigenvalue weighted by Crippen LogP contribution is -2.36. The van der Waals surface area contributed by atoms with Crippen molar-refractivity contribution in [2.45, 2.75) is 26.0 Å². The standard InChI is InChI=1S/C20H25NO4/c1-16(12-13-23-2)21-20(22)15-25-19-11-7-6-10-18(19)24-14-17-8-4-3-5-9-17/h3-11,16H,12-15H2,1-2H3,(H,21,22). The summed E-state index contributed by atoms with van der Waals surface area (Å²) in [6.07, 6.45) is 0.763. The van der Waals surface area contributed by atoms with E-state index in [1.807, 2.05) is 55.5 Å². The fourth-order valence-electron chi connectivity index (χ4n) is 2.25. The molecule has 5 heteroatoms. The van der Waals surface area contributed by atoms with E-state index in [1.54, 1.807) is 13.2 Å². The van der Waals surface area contributed by atoms with Crippen LogP contribution in [0.15, 0.2) is 54.6 Å². The first-order valence-electron chi connectivity index (χ1n) is 8.36. The average Bonchev–Trinajstić information content (AvgIpc) is 2.64. The topological polar surface area (TPSA) is 56.8 Å². The van der Waals surface area contributed by atoms with Gasteiger partial charge in [0.1, 0.15) is 6.61 Å². The van der Waals surface area contributed by atoms with E-state index in [0.29, 0.717) is 24.7 Å². The summed E-state index contributed by atoms with van der Waals surface area (Å²) in [4.78, 5) is 12.0. The molecular weight excluding hydrogens is 318 g/mol. The molecule has 0 radical (unpaired) electrons. The van der Waals surface area contributed by atoms with Crippen LogP contribution in [0.25, 0.3) is 0 Å². The average molecular weight is 343 g/mol. The summed E-state index contributed by atoms with van der Waals surface area (Å²) < 4.78 is 16.4. The smallest absolute Gasteiger partial charge is 0.258 e. The number of carbonyl (C=O) groups excluding carboxylic acids is 1. The number of para-hydroxylation sites is 2. The lowest BCUT2D eigenvalue weighted by Gasteiger charge is -2.15. The van der Waals surface area contributed by atoms with Crippen LogP contribution in [0.2, 0.25) is 0 Å². The molecule has 0 aromatic heterocycles. The molecule has 1 atom stereocenters. The Morgan fingerprint density at radius 2 is 1.64 bits per heavy atom. The second-order valence-corrected chi connectivity index (χ2v) is 5.76. The number of carbonyl (C=O) groups is 1. The third kappa shape index (κ3) is 6.85. The van der Waals surface area contributed by atoms with Crippen molar-refractivity contribution in [3.05, 3.63) is 60.2 Å². The number of amides is 1. The highest BCUT2D eigenvalue weighted by Crippen LogP contribution is 2.27. The summed E-state index contributed by atoms with van der Waals surface area (Å²) in [5.41, 5.74) is 1.07. The summed E-state index contributed by atoms with van der Waals surface area (Å²) in [7, 11) is 1.64. The number of nitrogens with one attached hydrogen (secondary N) is 1. The first kappa shape index (κ1) is 18.8. The monoisotopic (exact) mass is 343 g/mol. The molecule has 0 spiro atoms. The molecule has 134 valence electrons. The molecular formula is C20H25NO4. The van der Waals surface area contributed by atoms with E-state index in [1.165, 1.54) is 0 Å². The van der Waals surface area contributed by atoms with Gasteiger partial charge >= 0.3 is 0 Å². The van der Waals surface area contributed by atoms with Gasteiger partial charge in [0.15, 0.2) is 18.1 Å². The second kappa shape index (κ2) is 10.4. The van der Waals surface area contributed by atoms with Gasteiger partial charge in [-0.1, -0.05) is 42.5 Å². The SMILES string of the molecule is COCCC(C)NC(=O)COc1ccccc1OCc1ccccc1. The number of benzene rings is 2. The van der Waals surface area contributed by atoms with Crippen molar-refractivity contribution in [2.24, 2.45) is 0 Å². The highest BCUT2D eigenvalue weighted by atomic mass is 16.5. The quantitative estimate of drug-likeness (QED) is 0.720. The van der Waals surface area contributed by atoms with Crippen LogP contribution < -0.4 is 14.8 Å². The van der Waals surface area contributed by atoms with Gasteiger partial charge in [-0.25, -0.2) is 0 Å². The van der Waals surface area contributed by atoms with Gasteiger partial charge in [-0.2, -0.15) is 0 Å². The Bertz CT molecular complexity index is 645. The molecule has 25 heavy (non-hydrogen) atoms. The maximum Gasteiger partial charge on any atom is 0.258 e. The Balaban J connectivity index is 1.84. The molecule has 0 saturated heterocycles. The fraction of sp³-hybridized carbons (Fsp3) is 0.350. The molecule has 0 aliphatic carbocycles. The number of rotatable bonds is 10. The van der Waals surface area contributed by atoms with Crippen molar-refractivity contribution in [1.82, 2.24) is 5.32 Å². The van der Waals surface area contributed by atoms with E-state index in [-0.39, 0.29) is 18.6 Å². The third-order valence-corrected chi connectivity index (χ3v) is 3.61. The van der Waals surface area contributed by atoms with Crippen LogP contribution in [0.1, 0.15) is 18.9 Å². The van der Waals surface area contributed by atoms with Gasteiger partial charge in [-0.15, -0.1) is 0 Å². The van der Waals surface area contributed by atoms with Crippen LogP contribution in [-0.2, 0) is 16.1 Å². The van der Waals surface area contributed by atoms with Gasteiger partial charge < -0.3 is 19.5 Å². The zero-order valence-corrected chi connectivity index (χ0v) is 14.7. The van der Waals surface area contributed by atoms with E-state index in [9.17, 15) is 4.79 Å². The van der Waals surface area contributed by atoms with Gasteiger partial charge in [0.2, 0.25) is 0 Å². The molecule has 2 rings (SSSR count). The van der Waals surface area contributed by atoms with Crippen LogP contribution in [0, 0.1) is 0 Å². The molecule has 0 saturated carbocycles. The van der Waals surface area contributed by atoms with E-state index in [2.05, 4.69) is 5.32 Å². The molecule has 0 aliphatic rings. The van der Waals surface area contributed by atoms with Gasteiger partial charge in [-0.3, -0.25) is 4.79 Å². The third-order valence-electron chi connectivity index (χ3n) is 3.61. The number of ether oxygens (including phenoxy) is 3. The predicted octanol–water partition coefficient (Wildman–Crippen LogP) is 3.19.